The van der Waals surface area contributed by atoms with E-state index in [9.17, 15) is 14.7 Å². The van der Waals surface area contributed by atoms with Crippen LogP contribution >= 0.6 is 11.3 Å². The molecule has 0 radical (unpaired) electrons. The number of ether oxygens (including phenoxy) is 1. The molecule has 6 heteroatoms. The monoisotopic (exact) mass is 299 g/mol. The Kier molecular flexibility index (Phi) is 5.16. The van der Waals surface area contributed by atoms with Crippen LogP contribution in [0.1, 0.15) is 44.2 Å². The van der Waals surface area contributed by atoms with Gasteiger partial charge >= 0.3 is 12.1 Å². The summed E-state index contributed by atoms with van der Waals surface area (Å²) in [5.74, 6) is -1.05. The van der Waals surface area contributed by atoms with E-state index in [1.807, 2.05) is 18.4 Å². The minimum absolute atomic E-state index is 0.267. The van der Waals surface area contributed by atoms with Crippen molar-refractivity contribution >= 4 is 23.4 Å². The molecule has 112 valence electrons. The van der Waals surface area contributed by atoms with Crippen molar-refractivity contribution in [2.24, 2.45) is 0 Å². The van der Waals surface area contributed by atoms with Crippen LogP contribution in [0.5, 0.6) is 0 Å². The van der Waals surface area contributed by atoms with Gasteiger partial charge < -0.3 is 9.84 Å². The first-order valence-electron chi connectivity index (χ1n) is 6.43. The number of likely N-dealkylation sites (N-methyl/N-ethyl adjacent to an activating group) is 1. The highest BCUT2D eigenvalue weighted by atomic mass is 32.1. The van der Waals surface area contributed by atoms with Gasteiger partial charge in [0.05, 0.1) is 0 Å². The average Bonchev–Trinajstić information content (AvgIpc) is 2.68. The maximum absolute atomic E-state index is 12.2. The lowest BCUT2D eigenvalue weighted by Gasteiger charge is -2.30. The van der Waals surface area contributed by atoms with Crippen molar-refractivity contribution in [1.82, 2.24) is 4.90 Å². The van der Waals surface area contributed by atoms with Crippen molar-refractivity contribution in [2.75, 3.05) is 6.54 Å². The molecule has 0 aliphatic carbocycles. The second kappa shape index (κ2) is 6.26. The highest BCUT2D eigenvalue weighted by Gasteiger charge is 2.34. The molecular formula is C14H21NO4S. The van der Waals surface area contributed by atoms with Gasteiger partial charge in [-0.3, -0.25) is 4.90 Å². The van der Waals surface area contributed by atoms with Crippen LogP contribution in [0.15, 0.2) is 11.4 Å². The number of nitrogens with zero attached hydrogens (tertiary/aromatic N) is 1. The highest BCUT2D eigenvalue weighted by molar-refractivity contribution is 7.10. The fourth-order valence-electron chi connectivity index (χ4n) is 1.79. The number of aliphatic carboxylic acids is 1. The lowest BCUT2D eigenvalue weighted by Crippen LogP contribution is -2.42. The summed E-state index contributed by atoms with van der Waals surface area (Å²) in [5.41, 5.74) is 0.210. The van der Waals surface area contributed by atoms with E-state index in [0.717, 1.165) is 5.56 Å². The molecule has 0 saturated heterocycles. The Bertz CT molecular complexity index is 490. The quantitative estimate of drug-likeness (QED) is 0.924. The molecule has 0 aromatic carbocycles. The van der Waals surface area contributed by atoms with E-state index in [2.05, 4.69) is 0 Å². The molecule has 0 bridgehead atoms. The molecule has 0 spiro atoms. The molecule has 1 heterocycles. The van der Waals surface area contributed by atoms with Crippen molar-refractivity contribution in [3.8, 4) is 0 Å². The van der Waals surface area contributed by atoms with E-state index in [-0.39, 0.29) is 6.54 Å². The topological polar surface area (TPSA) is 66.8 Å². The van der Waals surface area contributed by atoms with Gasteiger partial charge in [0.15, 0.2) is 6.04 Å². The van der Waals surface area contributed by atoms with E-state index in [4.69, 9.17) is 4.74 Å². The Labute approximate surface area is 123 Å². The van der Waals surface area contributed by atoms with E-state index in [0.29, 0.717) is 4.88 Å². The first-order chi connectivity index (χ1) is 9.17. The summed E-state index contributed by atoms with van der Waals surface area (Å²) in [5, 5.41) is 11.3. The molecule has 20 heavy (non-hydrogen) atoms. The van der Waals surface area contributed by atoms with E-state index in [1.165, 1.54) is 16.2 Å². The number of hydrogen-bond acceptors (Lipinski definition) is 4. The molecule has 0 aliphatic rings. The van der Waals surface area contributed by atoms with Crippen molar-refractivity contribution in [3.05, 3.63) is 21.9 Å². The number of carboxylic acid groups (broad SMARTS) is 1. The summed E-state index contributed by atoms with van der Waals surface area (Å²) in [4.78, 5) is 25.7. The van der Waals surface area contributed by atoms with Gasteiger partial charge in [-0.25, -0.2) is 9.59 Å². The molecule has 1 unspecified atom stereocenters. The molecule has 1 amide bonds. The molecule has 0 aliphatic heterocycles. The van der Waals surface area contributed by atoms with Crippen LogP contribution in [-0.4, -0.2) is 34.2 Å². The fraction of sp³-hybridized carbons (Fsp3) is 0.571. The average molecular weight is 299 g/mol. The predicted molar refractivity (Wildman–Crippen MR) is 78.0 cm³/mol. The molecule has 1 atom stereocenters. The van der Waals surface area contributed by atoms with Gasteiger partial charge in [-0.1, -0.05) is 0 Å². The van der Waals surface area contributed by atoms with Crippen LogP contribution < -0.4 is 0 Å². The minimum atomic E-state index is -1.05. The maximum Gasteiger partial charge on any atom is 0.411 e. The highest BCUT2D eigenvalue weighted by Crippen LogP contribution is 2.30. The zero-order valence-electron chi connectivity index (χ0n) is 12.5. The maximum atomic E-state index is 12.2. The van der Waals surface area contributed by atoms with Crippen LogP contribution in [0.25, 0.3) is 0 Å². The number of amides is 1. The zero-order valence-corrected chi connectivity index (χ0v) is 13.3. The van der Waals surface area contributed by atoms with Gasteiger partial charge in [0.2, 0.25) is 0 Å². The number of carbonyl (C=O) groups excluding carboxylic acids is 1. The van der Waals surface area contributed by atoms with Crippen LogP contribution in [-0.2, 0) is 9.53 Å². The number of carboxylic acids is 1. The second-order valence-electron chi connectivity index (χ2n) is 5.47. The van der Waals surface area contributed by atoms with Gasteiger partial charge in [0.25, 0.3) is 0 Å². The third-order valence-electron chi connectivity index (χ3n) is 2.66. The Balaban J connectivity index is 3.09. The van der Waals surface area contributed by atoms with Gasteiger partial charge in [-0.15, -0.1) is 11.3 Å². The molecular weight excluding hydrogens is 278 g/mol. The Morgan fingerprint density at radius 2 is 2.05 bits per heavy atom. The molecule has 5 nitrogen and oxygen atoms in total. The lowest BCUT2D eigenvalue weighted by molar-refractivity contribution is -0.143. The van der Waals surface area contributed by atoms with Crippen molar-refractivity contribution in [2.45, 2.75) is 46.3 Å². The number of aryl methyl sites for hydroxylation is 1. The van der Waals surface area contributed by atoms with E-state index in [1.54, 1.807) is 27.7 Å². The Hall–Kier alpha value is -1.56. The molecule has 1 aromatic heterocycles. The summed E-state index contributed by atoms with van der Waals surface area (Å²) >= 11 is 1.33. The summed E-state index contributed by atoms with van der Waals surface area (Å²) < 4.78 is 5.29. The second-order valence-corrected chi connectivity index (χ2v) is 6.42. The van der Waals surface area contributed by atoms with Crippen molar-refractivity contribution in [3.63, 3.8) is 0 Å². The van der Waals surface area contributed by atoms with Crippen molar-refractivity contribution in [1.29, 1.82) is 0 Å². The third-order valence-corrected chi connectivity index (χ3v) is 3.74. The number of hydrogen-bond donors (Lipinski definition) is 1. The first-order valence-corrected chi connectivity index (χ1v) is 7.31. The molecule has 0 fully saturated rings. The number of thiophene rings is 1. The van der Waals surface area contributed by atoms with Crippen LogP contribution in [0, 0.1) is 6.92 Å². The van der Waals surface area contributed by atoms with E-state index >= 15 is 0 Å². The molecule has 1 rings (SSSR count). The van der Waals surface area contributed by atoms with Crippen LogP contribution in [0.4, 0.5) is 4.79 Å². The van der Waals surface area contributed by atoms with Gasteiger partial charge in [0, 0.05) is 11.4 Å². The van der Waals surface area contributed by atoms with Crippen molar-refractivity contribution < 1.29 is 19.4 Å². The van der Waals surface area contributed by atoms with Gasteiger partial charge in [0.1, 0.15) is 5.60 Å². The SMILES string of the molecule is CCN(C(=O)OC(C)(C)C)C(C(=O)O)c1sccc1C. The summed E-state index contributed by atoms with van der Waals surface area (Å²) in [6.07, 6.45) is -0.611. The Morgan fingerprint density at radius 3 is 2.40 bits per heavy atom. The molecule has 0 saturated carbocycles. The first kappa shape index (κ1) is 16.5. The normalized spacial score (nSPS) is 12.8. The van der Waals surface area contributed by atoms with E-state index < -0.39 is 23.7 Å². The standard InChI is InChI=1S/C14H21NO4S/c1-6-15(13(18)19-14(3,4)5)10(12(16)17)11-9(2)7-8-20-11/h7-8,10H,6H2,1-5H3,(H,16,17). The smallest absolute Gasteiger partial charge is 0.411 e. The molecule has 1 N–H and O–H groups in total. The predicted octanol–water partition coefficient (Wildman–Crippen LogP) is 3.44. The van der Waals surface area contributed by atoms with Crippen LogP contribution in [0.2, 0.25) is 0 Å². The molecule has 1 aromatic rings. The summed E-state index contributed by atoms with van der Waals surface area (Å²) in [7, 11) is 0. The van der Waals surface area contributed by atoms with Gasteiger partial charge in [-0.05, 0) is 51.6 Å². The third kappa shape index (κ3) is 3.96. The minimum Gasteiger partial charge on any atom is -0.479 e. The Morgan fingerprint density at radius 1 is 1.45 bits per heavy atom. The lowest BCUT2D eigenvalue weighted by atomic mass is 10.1. The zero-order chi connectivity index (χ0) is 15.5. The largest absolute Gasteiger partial charge is 0.479 e. The summed E-state index contributed by atoms with van der Waals surface area (Å²) in [6, 6.07) is 0.841. The van der Waals surface area contributed by atoms with Crippen LogP contribution in [0.3, 0.4) is 0 Å². The number of rotatable bonds is 4. The fourth-order valence-corrected chi connectivity index (χ4v) is 2.82. The van der Waals surface area contributed by atoms with Gasteiger partial charge in [-0.2, -0.15) is 0 Å². The number of carbonyl (C=O) groups is 2. The summed E-state index contributed by atoms with van der Waals surface area (Å²) in [6.45, 7) is 9.11.